The predicted octanol–water partition coefficient (Wildman–Crippen LogP) is 14.4. The molecule has 0 saturated carbocycles. The van der Waals surface area contributed by atoms with Crippen molar-refractivity contribution in [3.8, 4) is 33.4 Å². The van der Waals surface area contributed by atoms with Gasteiger partial charge < -0.3 is 4.42 Å². The second-order valence-electron chi connectivity index (χ2n) is 13.6. The number of fused-ring (bicyclic) bond motifs is 8. The first kappa shape index (κ1) is 28.2. The fourth-order valence-corrected chi connectivity index (χ4v) is 8.64. The lowest BCUT2D eigenvalue weighted by molar-refractivity contribution is 0.669. The summed E-state index contributed by atoms with van der Waals surface area (Å²) in [6.07, 6.45) is 0. The Balaban J connectivity index is 1.21. The first-order chi connectivity index (χ1) is 25.3. The largest absolute Gasteiger partial charge is 0.456 e. The minimum absolute atomic E-state index is 0.909. The Bertz CT molecular complexity index is 3130. The molecule has 0 fully saturated rings. The van der Waals surface area contributed by atoms with E-state index in [0.29, 0.717) is 0 Å². The minimum Gasteiger partial charge on any atom is -0.456 e. The van der Waals surface area contributed by atoms with Crippen molar-refractivity contribution in [2.75, 3.05) is 0 Å². The molecule has 1 heteroatoms. The zero-order chi connectivity index (χ0) is 33.5. The quantitative estimate of drug-likeness (QED) is 0.174. The Hall–Kier alpha value is -6.70. The SMILES string of the molecule is c1ccc2cc3c(cc2c1)oc1cccc(-c2ccc(-c4c5ccccc5c(-c5cccc6ccccc56)c5ccccc45)c4ccccc24)c13. The van der Waals surface area contributed by atoms with Gasteiger partial charge in [-0.1, -0.05) is 164 Å². The van der Waals surface area contributed by atoms with E-state index in [9.17, 15) is 0 Å². The second-order valence-corrected chi connectivity index (χ2v) is 13.6. The fourth-order valence-electron chi connectivity index (χ4n) is 8.64. The van der Waals surface area contributed by atoms with Gasteiger partial charge in [0, 0.05) is 10.8 Å². The smallest absolute Gasteiger partial charge is 0.136 e. The Kier molecular flexibility index (Phi) is 6.02. The standard InChI is InChI=1S/C50H30O/c1-2-15-33-30-47-45(29-32(33)14-1)50-39(25-12-26-46(50)51-47)37-27-28-44(36-19-6-5-18-35(36)37)49-42-22-9-7-20-40(42)48(41-21-8-10-23-43(41)49)38-24-11-16-31-13-3-4-17-34(31)38/h1-30H. The van der Waals surface area contributed by atoms with E-state index in [1.54, 1.807) is 0 Å². The monoisotopic (exact) mass is 646 g/mol. The number of rotatable bonds is 3. The maximum absolute atomic E-state index is 6.50. The van der Waals surface area contributed by atoms with Crippen molar-refractivity contribution in [1.82, 2.24) is 0 Å². The molecule has 1 aromatic heterocycles. The van der Waals surface area contributed by atoms with E-state index in [4.69, 9.17) is 4.42 Å². The van der Waals surface area contributed by atoms with Gasteiger partial charge >= 0.3 is 0 Å². The average molecular weight is 647 g/mol. The van der Waals surface area contributed by atoms with Crippen LogP contribution in [0.2, 0.25) is 0 Å². The summed E-state index contributed by atoms with van der Waals surface area (Å²) in [6, 6.07) is 66.3. The summed E-state index contributed by atoms with van der Waals surface area (Å²) >= 11 is 0. The van der Waals surface area contributed by atoms with Gasteiger partial charge in [0.1, 0.15) is 11.2 Å². The summed E-state index contributed by atoms with van der Waals surface area (Å²) in [7, 11) is 0. The van der Waals surface area contributed by atoms with Crippen molar-refractivity contribution in [1.29, 1.82) is 0 Å². The van der Waals surface area contributed by atoms with E-state index in [1.807, 2.05) is 0 Å². The molecular weight excluding hydrogens is 617 g/mol. The van der Waals surface area contributed by atoms with Crippen LogP contribution in [-0.2, 0) is 0 Å². The molecule has 0 aliphatic carbocycles. The predicted molar refractivity (Wildman–Crippen MR) is 218 cm³/mol. The van der Waals surface area contributed by atoms with E-state index in [1.165, 1.54) is 87.2 Å². The summed E-state index contributed by atoms with van der Waals surface area (Å²) in [6.45, 7) is 0. The first-order valence-electron chi connectivity index (χ1n) is 17.6. The normalized spacial score (nSPS) is 11.9. The van der Waals surface area contributed by atoms with E-state index in [-0.39, 0.29) is 0 Å². The Morgan fingerprint density at radius 2 is 0.706 bits per heavy atom. The maximum atomic E-state index is 6.50. The van der Waals surface area contributed by atoms with Gasteiger partial charge in [0.25, 0.3) is 0 Å². The highest BCUT2D eigenvalue weighted by atomic mass is 16.3. The van der Waals surface area contributed by atoms with Crippen LogP contribution in [0.4, 0.5) is 0 Å². The van der Waals surface area contributed by atoms with Crippen molar-refractivity contribution in [2.24, 2.45) is 0 Å². The van der Waals surface area contributed by atoms with Gasteiger partial charge in [0.2, 0.25) is 0 Å². The van der Waals surface area contributed by atoms with Gasteiger partial charge in [0.05, 0.1) is 0 Å². The number of benzene rings is 10. The fraction of sp³-hybridized carbons (Fsp3) is 0. The van der Waals surface area contributed by atoms with Crippen molar-refractivity contribution in [2.45, 2.75) is 0 Å². The van der Waals surface area contributed by atoms with Gasteiger partial charge in [-0.25, -0.2) is 0 Å². The molecule has 0 atom stereocenters. The molecule has 11 aromatic rings. The first-order valence-corrected chi connectivity index (χ1v) is 17.6. The van der Waals surface area contributed by atoms with Crippen LogP contribution >= 0.6 is 0 Å². The molecule has 1 nitrogen and oxygen atoms in total. The van der Waals surface area contributed by atoms with E-state index in [0.717, 1.165) is 21.9 Å². The second kappa shape index (κ2) is 10.9. The molecule has 0 unspecified atom stereocenters. The topological polar surface area (TPSA) is 13.1 Å². The van der Waals surface area contributed by atoms with Crippen molar-refractivity contribution >= 4 is 75.8 Å². The van der Waals surface area contributed by atoms with Crippen LogP contribution in [0.1, 0.15) is 0 Å². The minimum atomic E-state index is 0.909. The summed E-state index contributed by atoms with van der Waals surface area (Å²) in [4.78, 5) is 0. The summed E-state index contributed by atoms with van der Waals surface area (Å²) < 4.78 is 6.50. The molecule has 10 aromatic carbocycles. The third kappa shape index (κ3) is 4.16. The zero-order valence-corrected chi connectivity index (χ0v) is 27.7. The van der Waals surface area contributed by atoms with Crippen LogP contribution in [-0.4, -0.2) is 0 Å². The van der Waals surface area contributed by atoms with Gasteiger partial charge in [-0.2, -0.15) is 0 Å². The third-order valence-electron chi connectivity index (χ3n) is 10.8. The molecule has 0 amide bonds. The van der Waals surface area contributed by atoms with Crippen LogP contribution in [0.5, 0.6) is 0 Å². The maximum Gasteiger partial charge on any atom is 0.136 e. The molecular formula is C50H30O. The third-order valence-corrected chi connectivity index (χ3v) is 10.8. The summed E-state index contributed by atoms with van der Waals surface area (Å²) in [5, 5.41) is 14.7. The van der Waals surface area contributed by atoms with Gasteiger partial charge in [-0.3, -0.25) is 0 Å². The lowest BCUT2D eigenvalue weighted by Crippen LogP contribution is -1.93. The van der Waals surface area contributed by atoms with E-state index in [2.05, 4.69) is 182 Å². The molecule has 236 valence electrons. The molecule has 0 saturated heterocycles. The van der Waals surface area contributed by atoms with Crippen LogP contribution in [0.3, 0.4) is 0 Å². The van der Waals surface area contributed by atoms with Crippen molar-refractivity contribution in [3.05, 3.63) is 182 Å². The average Bonchev–Trinajstić information content (AvgIpc) is 3.56. The highest BCUT2D eigenvalue weighted by Crippen LogP contribution is 2.48. The van der Waals surface area contributed by atoms with Crippen LogP contribution in [0, 0.1) is 0 Å². The molecule has 11 rings (SSSR count). The lowest BCUT2D eigenvalue weighted by atomic mass is 9.83. The molecule has 0 radical (unpaired) electrons. The van der Waals surface area contributed by atoms with Crippen molar-refractivity contribution in [3.63, 3.8) is 0 Å². The Morgan fingerprint density at radius 1 is 0.255 bits per heavy atom. The number of hydrogen-bond acceptors (Lipinski definition) is 1. The Morgan fingerprint density at radius 3 is 1.37 bits per heavy atom. The van der Waals surface area contributed by atoms with Crippen molar-refractivity contribution < 1.29 is 4.42 Å². The molecule has 0 aliphatic heterocycles. The molecule has 1 heterocycles. The molecule has 0 aliphatic rings. The van der Waals surface area contributed by atoms with Gasteiger partial charge in [0.15, 0.2) is 0 Å². The van der Waals surface area contributed by atoms with Gasteiger partial charge in [-0.05, 0) is 105 Å². The highest BCUT2D eigenvalue weighted by molar-refractivity contribution is 6.26. The zero-order valence-electron chi connectivity index (χ0n) is 27.7. The number of furan rings is 1. The molecule has 0 spiro atoms. The molecule has 0 N–H and O–H groups in total. The lowest BCUT2D eigenvalue weighted by Gasteiger charge is -2.20. The van der Waals surface area contributed by atoms with E-state index < -0.39 is 0 Å². The Labute approximate surface area is 294 Å². The van der Waals surface area contributed by atoms with Gasteiger partial charge in [-0.15, -0.1) is 0 Å². The van der Waals surface area contributed by atoms with E-state index >= 15 is 0 Å². The molecule has 51 heavy (non-hydrogen) atoms. The summed E-state index contributed by atoms with van der Waals surface area (Å²) in [5.74, 6) is 0. The van der Waals surface area contributed by atoms with Crippen LogP contribution in [0.15, 0.2) is 186 Å². The highest BCUT2D eigenvalue weighted by Gasteiger charge is 2.21. The number of hydrogen-bond donors (Lipinski definition) is 0. The summed E-state index contributed by atoms with van der Waals surface area (Å²) in [5.41, 5.74) is 9.28. The molecule has 0 bridgehead atoms. The van der Waals surface area contributed by atoms with Crippen LogP contribution < -0.4 is 0 Å². The van der Waals surface area contributed by atoms with Crippen LogP contribution in [0.25, 0.3) is 109 Å².